The van der Waals surface area contributed by atoms with Gasteiger partial charge in [-0.05, 0) is 19.9 Å². The molecule has 1 aliphatic rings. The van der Waals surface area contributed by atoms with Crippen molar-refractivity contribution in [1.82, 2.24) is 9.88 Å². The van der Waals surface area contributed by atoms with Crippen LogP contribution in [-0.4, -0.2) is 40.3 Å². The fourth-order valence-corrected chi connectivity index (χ4v) is 2.43. The Morgan fingerprint density at radius 2 is 2.25 bits per heavy atom. The second kappa shape index (κ2) is 5.46. The number of hydrogen-bond donors (Lipinski definition) is 2. The van der Waals surface area contributed by atoms with E-state index in [4.69, 9.17) is 16.3 Å². The SMILES string of the molecule is CC(C)n1cc(Cl)cc1C(=O)NC1(C(=O)O)CCOC1. The van der Waals surface area contributed by atoms with Crippen molar-refractivity contribution in [2.24, 2.45) is 0 Å². The zero-order valence-electron chi connectivity index (χ0n) is 11.4. The average molecular weight is 301 g/mol. The zero-order valence-corrected chi connectivity index (χ0v) is 12.1. The van der Waals surface area contributed by atoms with Gasteiger partial charge in [-0.1, -0.05) is 11.6 Å². The Labute approximate surface area is 121 Å². The molecule has 2 N–H and O–H groups in total. The number of nitrogens with zero attached hydrogens (tertiary/aromatic N) is 1. The molecule has 1 unspecified atom stereocenters. The molecule has 0 spiro atoms. The van der Waals surface area contributed by atoms with Crippen LogP contribution in [0.4, 0.5) is 0 Å². The third kappa shape index (κ3) is 2.66. The predicted molar refractivity (Wildman–Crippen MR) is 73.1 cm³/mol. The number of carboxylic acids is 1. The van der Waals surface area contributed by atoms with Crippen molar-refractivity contribution in [3.05, 3.63) is 23.0 Å². The van der Waals surface area contributed by atoms with Gasteiger partial charge in [0, 0.05) is 25.3 Å². The van der Waals surface area contributed by atoms with E-state index in [1.807, 2.05) is 13.8 Å². The molecule has 0 bridgehead atoms. The molecule has 20 heavy (non-hydrogen) atoms. The summed E-state index contributed by atoms with van der Waals surface area (Å²) in [5.41, 5.74) is -1.01. The highest BCUT2D eigenvalue weighted by atomic mass is 35.5. The molecule has 1 atom stereocenters. The highest BCUT2D eigenvalue weighted by molar-refractivity contribution is 6.31. The van der Waals surface area contributed by atoms with Gasteiger partial charge in [-0.3, -0.25) is 4.79 Å². The maximum Gasteiger partial charge on any atom is 0.331 e. The molecular formula is C13H17ClN2O4. The summed E-state index contributed by atoms with van der Waals surface area (Å²) in [7, 11) is 0. The second-order valence-corrected chi connectivity index (χ2v) is 5.62. The first-order valence-electron chi connectivity index (χ1n) is 6.37. The quantitative estimate of drug-likeness (QED) is 0.887. The van der Waals surface area contributed by atoms with Gasteiger partial charge in [-0.15, -0.1) is 0 Å². The Morgan fingerprint density at radius 1 is 1.55 bits per heavy atom. The number of carboxylic acid groups (broad SMARTS) is 1. The molecule has 7 heteroatoms. The topological polar surface area (TPSA) is 80.6 Å². The lowest BCUT2D eigenvalue weighted by Gasteiger charge is -2.24. The number of amides is 1. The van der Waals surface area contributed by atoms with E-state index in [2.05, 4.69) is 5.32 Å². The van der Waals surface area contributed by atoms with E-state index in [1.54, 1.807) is 10.8 Å². The lowest BCUT2D eigenvalue weighted by molar-refractivity contribution is -0.144. The lowest BCUT2D eigenvalue weighted by Crippen LogP contribution is -2.55. The van der Waals surface area contributed by atoms with E-state index in [1.165, 1.54) is 6.07 Å². The van der Waals surface area contributed by atoms with Crippen LogP contribution in [0.2, 0.25) is 5.02 Å². The van der Waals surface area contributed by atoms with Gasteiger partial charge in [0.2, 0.25) is 0 Å². The van der Waals surface area contributed by atoms with Crippen LogP contribution in [0.25, 0.3) is 0 Å². The summed E-state index contributed by atoms with van der Waals surface area (Å²) < 4.78 is 6.82. The van der Waals surface area contributed by atoms with Crippen LogP contribution >= 0.6 is 11.6 Å². The monoisotopic (exact) mass is 300 g/mol. The van der Waals surface area contributed by atoms with E-state index in [-0.39, 0.29) is 19.1 Å². The van der Waals surface area contributed by atoms with Gasteiger partial charge in [0.1, 0.15) is 5.69 Å². The molecule has 110 valence electrons. The molecule has 1 amide bonds. The van der Waals surface area contributed by atoms with Crippen molar-refractivity contribution in [1.29, 1.82) is 0 Å². The minimum atomic E-state index is -1.35. The normalized spacial score (nSPS) is 22.2. The number of aromatic nitrogens is 1. The van der Waals surface area contributed by atoms with E-state index in [9.17, 15) is 14.7 Å². The second-order valence-electron chi connectivity index (χ2n) is 5.19. The minimum absolute atomic E-state index is 0.0236. The maximum absolute atomic E-state index is 12.3. The van der Waals surface area contributed by atoms with Crippen LogP contribution in [0.5, 0.6) is 0 Å². The summed E-state index contributed by atoms with van der Waals surface area (Å²) in [5.74, 6) is -1.55. The Morgan fingerprint density at radius 3 is 2.75 bits per heavy atom. The van der Waals surface area contributed by atoms with Crippen LogP contribution in [0.3, 0.4) is 0 Å². The van der Waals surface area contributed by atoms with E-state index < -0.39 is 17.4 Å². The van der Waals surface area contributed by atoms with Gasteiger partial charge < -0.3 is 19.7 Å². The van der Waals surface area contributed by atoms with Crippen LogP contribution in [0.1, 0.15) is 36.8 Å². The van der Waals surface area contributed by atoms with Gasteiger partial charge >= 0.3 is 5.97 Å². The Hall–Kier alpha value is -1.53. The number of ether oxygens (including phenoxy) is 1. The zero-order chi connectivity index (χ0) is 14.9. The molecule has 0 radical (unpaired) electrons. The van der Waals surface area contributed by atoms with Crippen molar-refractivity contribution >= 4 is 23.5 Å². The van der Waals surface area contributed by atoms with Gasteiger partial charge in [0.15, 0.2) is 5.54 Å². The first kappa shape index (κ1) is 14.9. The summed E-state index contributed by atoms with van der Waals surface area (Å²) in [6.07, 6.45) is 1.91. The van der Waals surface area contributed by atoms with Crippen LogP contribution in [-0.2, 0) is 9.53 Å². The molecule has 2 rings (SSSR count). The molecule has 0 aliphatic carbocycles. The number of nitrogens with one attached hydrogen (secondary N) is 1. The summed E-state index contributed by atoms with van der Waals surface area (Å²) in [5, 5.41) is 12.3. The molecule has 6 nitrogen and oxygen atoms in total. The number of aliphatic carboxylic acids is 1. The van der Waals surface area contributed by atoms with Crippen molar-refractivity contribution in [2.45, 2.75) is 31.8 Å². The summed E-state index contributed by atoms with van der Waals surface area (Å²) in [6, 6.07) is 1.58. The largest absolute Gasteiger partial charge is 0.479 e. The molecule has 1 aromatic heterocycles. The van der Waals surface area contributed by atoms with Crippen molar-refractivity contribution in [2.75, 3.05) is 13.2 Å². The Kier molecular flexibility index (Phi) is 4.06. The highest BCUT2D eigenvalue weighted by Crippen LogP contribution is 2.22. The van der Waals surface area contributed by atoms with Crippen molar-refractivity contribution in [3.8, 4) is 0 Å². The molecule has 1 aliphatic heterocycles. The average Bonchev–Trinajstić information content (AvgIpc) is 2.96. The third-order valence-corrected chi connectivity index (χ3v) is 3.59. The fourth-order valence-electron chi connectivity index (χ4n) is 2.22. The number of halogens is 1. The highest BCUT2D eigenvalue weighted by Gasteiger charge is 2.44. The minimum Gasteiger partial charge on any atom is -0.479 e. The van der Waals surface area contributed by atoms with Crippen molar-refractivity contribution in [3.63, 3.8) is 0 Å². The summed E-state index contributed by atoms with van der Waals surface area (Å²) in [6.45, 7) is 4.13. The predicted octanol–water partition coefficient (Wildman–Crippen LogP) is 1.70. The van der Waals surface area contributed by atoms with E-state index in [0.29, 0.717) is 17.3 Å². The fraction of sp³-hybridized carbons (Fsp3) is 0.538. The molecule has 1 fully saturated rings. The van der Waals surface area contributed by atoms with Gasteiger partial charge in [-0.2, -0.15) is 0 Å². The Bertz CT molecular complexity index is 532. The molecule has 1 aromatic rings. The van der Waals surface area contributed by atoms with Crippen LogP contribution in [0, 0.1) is 0 Å². The molecule has 0 aromatic carbocycles. The van der Waals surface area contributed by atoms with Gasteiger partial charge in [0.25, 0.3) is 5.91 Å². The number of hydrogen-bond acceptors (Lipinski definition) is 3. The summed E-state index contributed by atoms with van der Waals surface area (Å²) >= 11 is 5.93. The Balaban J connectivity index is 2.26. The number of rotatable bonds is 4. The van der Waals surface area contributed by atoms with Gasteiger partial charge in [0.05, 0.1) is 11.6 Å². The first-order valence-corrected chi connectivity index (χ1v) is 6.74. The number of carbonyl (C=O) groups is 2. The van der Waals surface area contributed by atoms with Crippen LogP contribution < -0.4 is 5.32 Å². The van der Waals surface area contributed by atoms with Gasteiger partial charge in [-0.25, -0.2) is 4.79 Å². The standard InChI is InChI=1S/C13H17ClN2O4/c1-8(2)16-6-9(14)5-10(16)11(17)15-13(12(18)19)3-4-20-7-13/h5-6,8H,3-4,7H2,1-2H3,(H,15,17)(H,18,19). The first-order chi connectivity index (χ1) is 9.35. The molecule has 1 saturated heterocycles. The molecular weight excluding hydrogens is 284 g/mol. The van der Waals surface area contributed by atoms with E-state index >= 15 is 0 Å². The summed E-state index contributed by atoms with van der Waals surface area (Å²) in [4.78, 5) is 23.7. The van der Waals surface area contributed by atoms with Crippen molar-refractivity contribution < 1.29 is 19.4 Å². The molecule has 0 saturated carbocycles. The van der Waals surface area contributed by atoms with E-state index in [0.717, 1.165) is 0 Å². The van der Waals surface area contributed by atoms with Crippen LogP contribution in [0.15, 0.2) is 12.3 Å². The molecule has 2 heterocycles. The smallest absolute Gasteiger partial charge is 0.331 e. The third-order valence-electron chi connectivity index (χ3n) is 3.39. The lowest BCUT2D eigenvalue weighted by atomic mass is 9.99. The maximum atomic E-state index is 12.3. The number of carbonyl (C=O) groups excluding carboxylic acids is 1.